The lowest BCUT2D eigenvalue weighted by Crippen LogP contribution is -2.33. The van der Waals surface area contributed by atoms with Gasteiger partial charge in [0.25, 0.3) is 0 Å². The molecule has 1 saturated heterocycles. The molecule has 0 radical (unpaired) electrons. The number of rotatable bonds is 0. The standard InChI is InChI=1S/C11H17IO2/c12-9-5-6-11(13)14-10-4-2-1-3-8(10)7-9/h8-10H,1-7H2/t8-,9?,10+/m1/s1. The van der Waals surface area contributed by atoms with E-state index in [-0.39, 0.29) is 12.1 Å². The van der Waals surface area contributed by atoms with Gasteiger partial charge in [-0.15, -0.1) is 0 Å². The Morgan fingerprint density at radius 3 is 2.86 bits per heavy atom. The average molecular weight is 308 g/mol. The van der Waals surface area contributed by atoms with E-state index in [4.69, 9.17) is 4.74 Å². The summed E-state index contributed by atoms with van der Waals surface area (Å²) in [6, 6.07) is 0. The fraction of sp³-hybridized carbons (Fsp3) is 0.909. The highest BCUT2D eigenvalue weighted by atomic mass is 127. The van der Waals surface area contributed by atoms with E-state index < -0.39 is 0 Å². The summed E-state index contributed by atoms with van der Waals surface area (Å²) in [5, 5.41) is 0. The quantitative estimate of drug-likeness (QED) is 0.390. The Balaban J connectivity index is 2.02. The summed E-state index contributed by atoms with van der Waals surface area (Å²) >= 11 is 2.49. The molecule has 1 saturated carbocycles. The van der Waals surface area contributed by atoms with Crippen LogP contribution in [0.15, 0.2) is 0 Å². The topological polar surface area (TPSA) is 26.3 Å². The first-order valence-electron chi connectivity index (χ1n) is 5.59. The van der Waals surface area contributed by atoms with Gasteiger partial charge in [-0.1, -0.05) is 29.0 Å². The molecule has 2 nitrogen and oxygen atoms in total. The number of alkyl halides is 1. The van der Waals surface area contributed by atoms with Gasteiger partial charge in [0.1, 0.15) is 6.10 Å². The number of ether oxygens (including phenoxy) is 1. The number of halogens is 1. The predicted octanol–water partition coefficient (Wildman–Crippen LogP) is 3.08. The van der Waals surface area contributed by atoms with E-state index in [0.29, 0.717) is 16.3 Å². The molecule has 1 aliphatic heterocycles. The maximum Gasteiger partial charge on any atom is 0.306 e. The zero-order chi connectivity index (χ0) is 9.97. The molecule has 0 aromatic heterocycles. The highest BCUT2D eigenvalue weighted by Crippen LogP contribution is 2.34. The molecule has 2 fully saturated rings. The molecule has 0 amide bonds. The second-order valence-corrected chi connectivity index (χ2v) is 6.21. The third-order valence-corrected chi connectivity index (χ3v) is 4.47. The monoisotopic (exact) mass is 308 g/mol. The first-order chi connectivity index (χ1) is 6.75. The highest BCUT2D eigenvalue weighted by Gasteiger charge is 2.31. The van der Waals surface area contributed by atoms with Crippen molar-refractivity contribution >= 4 is 28.6 Å². The summed E-state index contributed by atoms with van der Waals surface area (Å²) in [4.78, 5) is 11.4. The second kappa shape index (κ2) is 4.81. The van der Waals surface area contributed by atoms with Crippen LogP contribution in [0.1, 0.15) is 44.9 Å². The third kappa shape index (κ3) is 2.61. The van der Waals surface area contributed by atoms with E-state index in [1.807, 2.05) is 0 Å². The molecule has 0 spiro atoms. The van der Waals surface area contributed by atoms with Gasteiger partial charge in [-0.25, -0.2) is 0 Å². The van der Waals surface area contributed by atoms with E-state index in [1.165, 1.54) is 25.7 Å². The summed E-state index contributed by atoms with van der Waals surface area (Å²) in [6.45, 7) is 0. The van der Waals surface area contributed by atoms with E-state index in [2.05, 4.69) is 22.6 Å². The maximum absolute atomic E-state index is 11.4. The Morgan fingerprint density at radius 2 is 2.00 bits per heavy atom. The molecule has 3 heteroatoms. The van der Waals surface area contributed by atoms with Crippen LogP contribution in [0.25, 0.3) is 0 Å². The van der Waals surface area contributed by atoms with Gasteiger partial charge in [0.05, 0.1) is 0 Å². The van der Waals surface area contributed by atoms with Crippen molar-refractivity contribution in [3.8, 4) is 0 Å². The number of esters is 1. The van der Waals surface area contributed by atoms with Crippen molar-refractivity contribution in [1.29, 1.82) is 0 Å². The molecule has 14 heavy (non-hydrogen) atoms. The molecule has 0 aromatic carbocycles. The average Bonchev–Trinajstić information content (AvgIpc) is 2.16. The minimum Gasteiger partial charge on any atom is -0.462 e. The molecular weight excluding hydrogens is 291 g/mol. The van der Waals surface area contributed by atoms with Crippen LogP contribution in [0.2, 0.25) is 0 Å². The molecule has 1 aliphatic carbocycles. The van der Waals surface area contributed by atoms with Crippen molar-refractivity contribution in [2.24, 2.45) is 5.92 Å². The van der Waals surface area contributed by atoms with Gasteiger partial charge in [-0.3, -0.25) is 4.79 Å². The molecule has 1 unspecified atom stereocenters. The molecule has 2 rings (SSSR count). The lowest BCUT2D eigenvalue weighted by atomic mass is 9.82. The summed E-state index contributed by atoms with van der Waals surface area (Å²) in [5.41, 5.74) is 0. The van der Waals surface area contributed by atoms with Gasteiger partial charge in [0.15, 0.2) is 0 Å². The van der Waals surface area contributed by atoms with Crippen LogP contribution in [0, 0.1) is 5.92 Å². The zero-order valence-corrected chi connectivity index (χ0v) is 10.5. The zero-order valence-electron chi connectivity index (χ0n) is 8.38. The van der Waals surface area contributed by atoms with Gasteiger partial charge in [-0.05, 0) is 38.0 Å². The van der Waals surface area contributed by atoms with Crippen LogP contribution >= 0.6 is 22.6 Å². The maximum atomic E-state index is 11.4. The Bertz CT molecular complexity index is 217. The molecule has 0 bridgehead atoms. The van der Waals surface area contributed by atoms with Crippen molar-refractivity contribution in [3.05, 3.63) is 0 Å². The first-order valence-corrected chi connectivity index (χ1v) is 6.84. The van der Waals surface area contributed by atoms with Gasteiger partial charge < -0.3 is 4.74 Å². The largest absolute Gasteiger partial charge is 0.462 e. The number of hydrogen-bond acceptors (Lipinski definition) is 2. The number of hydrogen-bond donors (Lipinski definition) is 0. The van der Waals surface area contributed by atoms with Crippen LogP contribution < -0.4 is 0 Å². The Kier molecular flexibility index (Phi) is 3.68. The molecule has 3 atom stereocenters. The number of carbonyl (C=O) groups is 1. The fourth-order valence-electron chi connectivity index (χ4n) is 2.55. The third-order valence-electron chi connectivity index (χ3n) is 3.34. The van der Waals surface area contributed by atoms with Crippen molar-refractivity contribution in [1.82, 2.24) is 0 Å². The summed E-state index contributed by atoms with van der Waals surface area (Å²) in [6.07, 6.45) is 8.03. The predicted molar refractivity (Wildman–Crippen MR) is 63.5 cm³/mol. The molecule has 1 heterocycles. The second-order valence-electron chi connectivity index (χ2n) is 4.44. The van der Waals surface area contributed by atoms with E-state index >= 15 is 0 Å². The van der Waals surface area contributed by atoms with Gasteiger partial charge in [0.2, 0.25) is 0 Å². The minimum atomic E-state index is 0.0308. The van der Waals surface area contributed by atoms with Crippen LogP contribution in [0.4, 0.5) is 0 Å². The van der Waals surface area contributed by atoms with E-state index in [1.54, 1.807) is 0 Å². The summed E-state index contributed by atoms with van der Waals surface area (Å²) in [5.74, 6) is 0.679. The summed E-state index contributed by atoms with van der Waals surface area (Å²) < 4.78 is 6.17. The van der Waals surface area contributed by atoms with Gasteiger partial charge in [-0.2, -0.15) is 0 Å². The van der Waals surface area contributed by atoms with Crippen LogP contribution in [-0.2, 0) is 9.53 Å². The number of carbonyl (C=O) groups excluding carboxylic acids is 1. The van der Waals surface area contributed by atoms with Crippen molar-refractivity contribution < 1.29 is 9.53 Å². The van der Waals surface area contributed by atoms with Gasteiger partial charge >= 0.3 is 5.97 Å². The van der Waals surface area contributed by atoms with Crippen molar-refractivity contribution in [2.75, 3.05) is 0 Å². The van der Waals surface area contributed by atoms with E-state index in [9.17, 15) is 4.79 Å². The van der Waals surface area contributed by atoms with Crippen LogP contribution in [0.5, 0.6) is 0 Å². The molecule has 0 aromatic rings. The van der Waals surface area contributed by atoms with Crippen molar-refractivity contribution in [2.45, 2.75) is 55.0 Å². The molecule has 80 valence electrons. The van der Waals surface area contributed by atoms with E-state index in [0.717, 1.165) is 12.8 Å². The van der Waals surface area contributed by atoms with Crippen molar-refractivity contribution in [3.63, 3.8) is 0 Å². The fourth-order valence-corrected chi connectivity index (χ4v) is 3.51. The van der Waals surface area contributed by atoms with Crippen LogP contribution in [-0.4, -0.2) is 16.0 Å². The Hall–Kier alpha value is 0.200. The Morgan fingerprint density at radius 1 is 1.21 bits per heavy atom. The molecule has 2 aliphatic rings. The normalized spacial score (nSPS) is 39.2. The van der Waals surface area contributed by atoms with Gasteiger partial charge in [0, 0.05) is 10.3 Å². The smallest absolute Gasteiger partial charge is 0.306 e. The molecule has 0 N–H and O–H groups in total. The SMILES string of the molecule is O=C1CCC(I)C[C@H]2CCCC[C@@H]2O1. The molecular formula is C11H17IO2. The Labute approximate surface area is 98.9 Å². The lowest BCUT2D eigenvalue weighted by molar-refractivity contribution is -0.155. The number of fused-ring (bicyclic) bond motifs is 1. The first kappa shape index (κ1) is 10.7. The lowest BCUT2D eigenvalue weighted by Gasteiger charge is -2.34. The van der Waals surface area contributed by atoms with Crippen LogP contribution in [0.3, 0.4) is 0 Å². The summed E-state index contributed by atoms with van der Waals surface area (Å²) in [7, 11) is 0. The highest BCUT2D eigenvalue weighted by molar-refractivity contribution is 14.1. The minimum absolute atomic E-state index is 0.0308.